The Balaban J connectivity index is 1.54. The molecule has 10 N–H and O–H groups in total. The highest BCUT2D eigenvalue weighted by Gasteiger charge is 2.36. The fraction of sp³-hybridized carbons (Fsp3) is 0.360. The van der Waals surface area contributed by atoms with Crippen LogP contribution in [0.15, 0.2) is 66.2 Å². The molecule has 356 valence electrons. The summed E-state index contributed by atoms with van der Waals surface area (Å²) in [6.45, 7) is 9.10. The number of nitriles is 1. The number of nitrogens with two attached hydrogens (primary N) is 3. The molecule has 1 aliphatic rings. The van der Waals surface area contributed by atoms with Crippen LogP contribution in [0.5, 0.6) is 11.5 Å². The molecule has 1 aliphatic heterocycles. The molecule has 4 aromatic rings. The summed E-state index contributed by atoms with van der Waals surface area (Å²) in [6.07, 6.45) is 2.04. The highest BCUT2D eigenvalue weighted by Crippen LogP contribution is 2.40. The number of nitrogens with zero attached hydrogens (tertiary/aromatic N) is 4. The Morgan fingerprint density at radius 1 is 0.882 bits per heavy atom. The van der Waals surface area contributed by atoms with Gasteiger partial charge in [-0.05, 0) is 107 Å². The number of aryl methyl sites for hydroxylation is 2. The van der Waals surface area contributed by atoms with E-state index in [0.29, 0.717) is 45.1 Å². The Labute approximate surface area is 396 Å². The lowest BCUT2D eigenvalue weighted by Gasteiger charge is -2.32. The van der Waals surface area contributed by atoms with Crippen LogP contribution in [-0.2, 0) is 25.6 Å². The number of aromatic nitrogens is 2. The van der Waals surface area contributed by atoms with Crippen LogP contribution < -0.4 is 47.9 Å². The quantitative estimate of drug-likeness (QED) is 0.0665. The standard InChI is InChI=1S/C50H59N11O7/c1-29(2)25-34-9-7-33(8-10-34)12-16-43-56-30(3)44(31(4)57-43)48(64)59-39(17-18-51)50(66)61(6)45-36-13-15-42(68-24-21-54)38(28-36)37-26-35(11-14-41(37)67-23-20-53)27-40(47(63)55-22-19-52)60-46(62)32(5)58-49(45)65/h7-11,13-15,25-26,28,32,39-40,45H,17-18,20-24,27,51,53-54H2,1-6H3,(H,55,63)(H,58,65)(H,59,64)(H,60,62). The fourth-order valence-corrected chi connectivity index (χ4v) is 7.58. The fourth-order valence-electron chi connectivity index (χ4n) is 7.58. The van der Waals surface area contributed by atoms with Gasteiger partial charge in [-0.3, -0.25) is 24.0 Å². The molecule has 5 rings (SSSR count). The van der Waals surface area contributed by atoms with Crippen LogP contribution in [0.2, 0.25) is 0 Å². The average molecular weight is 926 g/mol. The van der Waals surface area contributed by atoms with Crippen LogP contribution in [0.4, 0.5) is 0 Å². The second-order valence-electron chi connectivity index (χ2n) is 16.4. The first-order valence-electron chi connectivity index (χ1n) is 22.2. The Bertz CT molecular complexity index is 2620. The van der Waals surface area contributed by atoms with Gasteiger partial charge in [0.25, 0.3) is 5.91 Å². The maximum absolute atomic E-state index is 14.7. The van der Waals surface area contributed by atoms with Crippen molar-refractivity contribution in [3.8, 4) is 40.5 Å². The van der Waals surface area contributed by atoms with Crippen LogP contribution in [0.3, 0.4) is 0 Å². The van der Waals surface area contributed by atoms with E-state index in [9.17, 15) is 29.2 Å². The number of carbonyl (C=O) groups excluding carboxylic acids is 5. The molecular weight excluding hydrogens is 867 g/mol. The van der Waals surface area contributed by atoms with Gasteiger partial charge < -0.3 is 52.8 Å². The number of carbonyl (C=O) groups is 5. The van der Waals surface area contributed by atoms with E-state index in [4.69, 9.17) is 26.7 Å². The highest BCUT2D eigenvalue weighted by atomic mass is 16.5. The molecule has 68 heavy (non-hydrogen) atoms. The molecule has 1 aromatic heterocycles. The molecule has 0 spiro atoms. The van der Waals surface area contributed by atoms with Crippen molar-refractivity contribution in [3.05, 3.63) is 111 Å². The van der Waals surface area contributed by atoms with Gasteiger partial charge in [0, 0.05) is 43.2 Å². The van der Waals surface area contributed by atoms with Gasteiger partial charge in [-0.15, -0.1) is 0 Å². The molecule has 3 aromatic carbocycles. The summed E-state index contributed by atoms with van der Waals surface area (Å²) < 4.78 is 12.2. The van der Waals surface area contributed by atoms with E-state index in [0.717, 1.165) is 11.1 Å². The summed E-state index contributed by atoms with van der Waals surface area (Å²) in [6, 6.07) is 14.7. The summed E-state index contributed by atoms with van der Waals surface area (Å²) in [5, 5.41) is 19.9. The smallest absolute Gasteiger partial charge is 0.255 e. The van der Waals surface area contributed by atoms with Gasteiger partial charge >= 0.3 is 0 Å². The molecule has 0 radical (unpaired) electrons. The highest BCUT2D eigenvalue weighted by molar-refractivity contribution is 6.00. The number of benzene rings is 3. The Morgan fingerprint density at radius 3 is 2.12 bits per heavy atom. The molecule has 18 heteroatoms. The third-order valence-corrected chi connectivity index (χ3v) is 10.8. The van der Waals surface area contributed by atoms with Gasteiger partial charge in [0.2, 0.25) is 29.5 Å². The van der Waals surface area contributed by atoms with E-state index in [1.807, 2.05) is 44.2 Å². The molecule has 4 unspecified atom stereocenters. The minimum absolute atomic E-state index is 0.00366. The molecule has 0 saturated carbocycles. The molecule has 0 fully saturated rings. The van der Waals surface area contributed by atoms with Crippen molar-refractivity contribution >= 4 is 35.6 Å². The number of rotatable bonds is 15. The lowest BCUT2D eigenvalue weighted by molar-refractivity contribution is -0.141. The van der Waals surface area contributed by atoms with Crippen LogP contribution in [0, 0.1) is 37.0 Å². The van der Waals surface area contributed by atoms with Crippen molar-refractivity contribution in [2.75, 3.05) is 46.4 Å². The van der Waals surface area contributed by atoms with Gasteiger partial charge in [0.1, 0.15) is 55.4 Å². The zero-order valence-electron chi connectivity index (χ0n) is 39.2. The molecule has 4 bridgehead atoms. The van der Waals surface area contributed by atoms with E-state index < -0.39 is 53.7 Å². The van der Waals surface area contributed by atoms with Crippen molar-refractivity contribution in [3.63, 3.8) is 0 Å². The second kappa shape index (κ2) is 24.2. The number of likely N-dealkylation sites (N-methyl/N-ethyl adjacent to an activating group) is 1. The number of fused-ring (bicyclic) bond motifs is 5. The average Bonchev–Trinajstić information content (AvgIpc) is 3.30. The van der Waals surface area contributed by atoms with Crippen molar-refractivity contribution in [1.82, 2.24) is 36.1 Å². The first kappa shape index (κ1) is 51.3. The summed E-state index contributed by atoms with van der Waals surface area (Å²) in [4.78, 5) is 80.6. The predicted octanol–water partition coefficient (Wildman–Crippen LogP) is 2.09. The summed E-state index contributed by atoms with van der Waals surface area (Å²) in [5.74, 6) is 3.59. The molecular formula is C50H59N11O7. The third-order valence-electron chi connectivity index (χ3n) is 10.8. The van der Waals surface area contributed by atoms with Crippen molar-refractivity contribution in [2.24, 2.45) is 17.2 Å². The zero-order chi connectivity index (χ0) is 49.5. The monoisotopic (exact) mass is 925 g/mol. The maximum atomic E-state index is 14.7. The van der Waals surface area contributed by atoms with E-state index in [2.05, 4.69) is 49.2 Å². The minimum Gasteiger partial charge on any atom is -0.492 e. The predicted molar refractivity (Wildman–Crippen MR) is 257 cm³/mol. The molecule has 0 saturated heterocycles. The van der Waals surface area contributed by atoms with Gasteiger partial charge in [-0.2, -0.15) is 5.26 Å². The van der Waals surface area contributed by atoms with Crippen LogP contribution in [-0.4, -0.2) is 109 Å². The first-order valence-corrected chi connectivity index (χ1v) is 22.2. The zero-order valence-corrected chi connectivity index (χ0v) is 39.2. The van der Waals surface area contributed by atoms with Crippen LogP contribution in [0.1, 0.15) is 83.1 Å². The van der Waals surface area contributed by atoms with Gasteiger partial charge in [-0.25, -0.2) is 9.97 Å². The number of amides is 5. The van der Waals surface area contributed by atoms with E-state index in [1.165, 1.54) is 24.4 Å². The SMILES string of the molecule is CC(C)=Cc1ccc(C#Cc2nc(C)c(C(=O)NC(CCN)C(=O)N(C)C3C(=O)NC(C)C(=O)NC(C(=O)NCC#N)Cc4ccc(OCCN)c(c4)-c4cc3ccc4OCCN)c(C)n2)cc1. The Hall–Kier alpha value is -7.64. The topological polar surface area (TPSA) is 283 Å². The first-order chi connectivity index (χ1) is 32.6. The Morgan fingerprint density at radius 2 is 1.51 bits per heavy atom. The van der Waals surface area contributed by atoms with Crippen LogP contribution in [0.25, 0.3) is 17.2 Å². The largest absolute Gasteiger partial charge is 0.492 e. The maximum Gasteiger partial charge on any atom is 0.255 e. The molecule has 5 amide bonds. The second-order valence-corrected chi connectivity index (χ2v) is 16.4. The van der Waals surface area contributed by atoms with Crippen molar-refractivity contribution in [1.29, 1.82) is 5.26 Å². The molecule has 18 nitrogen and oxygen atoms in total. The number of ether oxygens (including phenoxy) is 2. The molecule has 4 atom stereocenters. The summed E-state index contributed by atoms with van der Waals surface area (Å²) >= 11 is 0. The van der Waals surface area contributed by atoms with Gasteiger partial charge in [0.05, 0.1) is 23.0 Å². The number of hydrogen-bond donors (Lipinski definition) is 7. The van der Waals surface area contributed by atoms with Gasteiger partial charge in [0.15, 0.2) is 0 Å². The van der Waals surface area contributed by atoms with Crippen molar-refractivity contribution in [2.45, 2.75) is 71.6 Å². The lowest BCUT2D eigenvalue weighted by atomic mass is 9.93. The third kappa shape index (κ3) is 13.3. The molecule has 0 aliphatic carbocycles. The number of nitrogens with one attached hydrogen (secondary N) is 4. The van der Waals surface area contributed by atoms with E-state index >= 15 is 0 Å². The van der Waals surface area contributed by atoms with Gasteiger partial charge in [-0.1, -0.05) is 41.8 Å². The van der Waals surface area contributed by atoms with Crippen molar-refractivity contribution < 1.29 is 33.4 Å². The van der Waals surface area contributed by atoms with Crippen LogP contribution >= 0.6 is 0 Å². The summed E-state index contributed by atoms with van der Waals surface area (Å²) in [5.41, 5.74) is 23.3. The minimum atomic E-state index is -1.42. The Kier molecular flexibility index (Phi) is 18.3. The lowest BCUT2D eigenvalue weighted by Crippen LogP contribution is -2.56. The number of hydrogen-bond acceptors (Lipinski definition) is 13. The summed E-state index contributed by atoms with van der Waals surface area (Å²) in [7, 11) is 1.41. The molecule has 2 heterocycles. The van der Waals surface area contributed by atoms with E-state index in [1.54, 1.807) is 50.2 Å². The number of allylic oxidation sites excluding steroid dienone is 1. The normalized spacial score (nSPS) is 15.9. The van der Waals surface area contributed by atoms with E-state index in [-0.39, 0.29) is 63.6 Å².